The molecule has 1 amide bonds. The van der Waals surface area contributed by atoms with E-state index in [0.717, 1.165) is 18.8 Å². The Labute approximate surface area is 149 Å². The van der Waals surface area contributed by atoms with Gasteiger partial charge < -0.3 is 20.3 Å². The number of para-hydroxylation sites is 2. The van der Waals surface area contributed by atoms with Crippen molar-refractivity contribution in [1.82, 2.24) is 0 Å². The maximum atomic E-state index is 12.4. The van der Waals surface area contributed by atoms with Crippen LogP contribution in [0.2, 0.25) is 0 Å². The van der Waals surface area contributed by atoms with Crippen molar-refractivity contribution in [1.29, 1.82) is 0 Å². The summed E-state index contributed by atoms with van der Waals surface area (Å²) in [7, 11) is 1.59. The van der Waals surface area contributed by atoms with Crippen LogP contribution >= 0.6 is 0 Å². The predicted octanol–water partition coefficient (Wildman–Crippen LogP) is 3.73. The van der Waals surface area contributed by atoms with Crippen LogP contribution in [-0.4, -0.2) is 32.1 Å². The lowest BCUT2D eigenvalue weighted by molar-refractivity contribution is -0.116. The highest BCUT2D eigenvalue weighted by Gasteiger charge is 2.15. The number of benzene rings is 2. The summed E-state index contributed by atoms with van der Waals surface area (Å²) in [5.74, 6) is 0.547. The number of hydrogen-bond acceptors (Lipinski definition) is 4. The summed E-state index contributed by atoms with van der Waals surface area (Å²) in [4.78, 5) is 14.8. The molecule has 1 fully saturated rings. The number of hydrogen-bond donors (Lipinski definition) is 2. The molecule has 1 saturated heterocycles. The largest absolute Gasteiger partial charge is 0.495 e. The van der Waals surface area contributed by atoms with Crippen LogP contribution in [0.15, 0.2) is 48.5 Å². The Balaban J connectivity index is 1.59. The number of ether oxygens (including phenoxy) is 1. The molecule has 0 spiro atoms. The van der Waals surface area contributed by atoms with E-state index >= 15 is 0 Å². The number of nitrogens with zero attached hydrogens (tertiary/aromatic N) is 1. The molecule has 1 heterocycles. The van der Waals surface area contributed by atoms with Crippen molar-refractivity contribution in [3.63, 3.8) is 0 Å². The second-order valence-corrected chi connectivity index (χ2v) is 6.30. The molecule has 2 aromatic carbocycles. The van der Waals surface area contributed by atoms with Crippen LogP contribution in [0.1, 0.15) is 19.8 Å². The second kappa shape index (κ2) is 7.92. The van der Waals surface area contributed by atoms with Crippen LogP contribution in [0.25, 0.3) is 0 Å². The topological polar surface area (TPSA) is 53.6 Å². The fourth-order valence-electron chi connectivity index (χ4n) is 3.05. The smallest absolute Gasteiger partial charge is 0.246 e. The first kappa shape index (κ1) is 17.1. The molecule has 0 saturated carbocycles. The molecule has 0 aromatic heterocycles. The van der Waals surface area contributed by atoms with E-state index in [1.807, 2.05) is 43.3 Å². The van der Waals surface area contributed by atoms with Crippen molar-refractivity contribution < 1.29 is 9.53 Å². The lowest BCUT2D eigenvalue weighted by Crippen LogP contribution is -2.32. The van der Waals surface area contributed by atoms with Crippen molar-refractivity contribution in [2.75, 3.05) is 35.7 Å². The number of amides is 1. The van der Waals surface area contributed by atoms with Crippen LogP contribution in [0.5, 0.6) is 5.75 Å². The van der Waals surface area contributed by atoms with Crippen molar-refractivity contribution in [3.05, 3.63) is 48.5 Å². The van der Waals surface area contributed by atoms with Crippen LogP contribution in [-0.2, 0) is 4.79 Å². The fraction of sp³-hybridized carbons (Fsp3) is 0.350. The first-order chi connectivity index (χ1) is 12.2. The predicted molar refractivity (Wildman–Crippen MR) is 103 cm³/mol. The van der Waals surface area contributed by atoms with Gasteiger partial charge in [-0.2, -0.15) is 0 Å². The lowest BCUT2D eigenvalue weighted by Gasteiger charge is -2.19. The summed E-state index contributed by atoms with van der Waals surface area (Å²) in [5, 5.41) is 6.15. The van der Waals surface area contributed by atoms with Crippen LogP contribution < -0.4 is 20.3 Å². The minimum Gasteiger partial charge on any atom is -0.495 e. The quantitative estimate of drug-likeness (QED) is 0.842. The summed E-state index contributed by atoms with van der Waals surface area (Å²) < 4.78 is 5.27. The lowest BCUT2D eigenvalue weighted by atomic mass is 10.2. The number of carbonyl (C=O) groups excluding carboxylic acids is 1. The number of anilines is 3. The van der Waals surface area contributed by atoms with E-state index in [1.165, 1.54) is 18.5 Å². The molecule has 0 aliphatic carbocycles. The zero-order chi connectivity index (χ0) is 17.6. The first-order valence-corrected chi connectivity index (χ1v) is 8.73. The third-order valence-electron chi connectivity index (χ3n) is 4.48. The standard InChI is InChI=1S/C20H25N3O2/c1-15(20(24)22-18-7-3-4-8-19(18)25-2)21-16-9-11-17(12-10-16)23-13-5-6-14-23/h3-4,7-12,15,21H,5-6,13-14H2,1-2H3,(H,22,24)/t15-/m1/s1. The van der Waals surface area contributed by atoms with Crippen molar-refractivity contribution in [3.8, 4) is 5.75 Å². The zero-order valence-electron chi connectivity index (χ0n) is 14.8. The molecule has 2 N–H and O–H groups in total. The van der Waals surface area contributed by atoms with Crippen molar-refractivity contribution in [2.24, 2.45) is 0 Å². The molecule has 5 nitrogen and oxygen atoms in total. The Bertz CT molecular complexity index is 709. The highest BCUT2D eigenvalue weighted by Crippen LogP contribution is 2.24. The molecule has 1 atom stereocenters. The maximum absolute atomic E-state index is 12.4. The third-order valence-corrected chi connectivity index (χ3v) is 4.48. The number of carbonyl (C=O) groups is 1. The highest BCUT2D eigenvalue weighted by molar-refractivity contribution is 5.97. The van der Waals surface area contributed by atoms with E-state index in [-0.39, 0.29) is 11.9 Å². The third kappa shape index (κ3) is 4.24. The Morgan fingerprint density at radius 2 is 1.76 bits per heavy atom. The zero-order valence-corrected chi connectivity index (χ0v) is 14.8. The van der Waals surface area contributed by atoms with Gasteiger partial charge in [-0.25, -0.2) is 0 Å². The average molecular weight is 339 g/mol. The van der Waals surface area contributed by atoms with Gasteiger partial charge in [0, 0.05) is 24.5 Å². The van der Waals surface area contributed by atoms with Gasteiger partial charge in [0.2, 0.25) is 5.91 Å². The monoisotopic (exact) mass is 339 g/mol. The van der Waals surface area contributed by atoms with Crippen LogP contribution in [0.4, 0.5) is 17.1 Å². The minimum absolute atomic E-state index is 0.104. The summed E-state index contributed by atoms with van der Waals surface area (Å²) in [6.07, 6.45) is 2.53. The Morgan fingerprint density at radius 3 is 2.44 bits per heavy atom. The molecule has 0 radical (unpaired) electrons. The van der Waals surface area contributed by atoms with E-state index in [0.29, 0.717) is 11.4 Å². The normalized spacial score (nSPS) is 14.9. The van der Waals surface area contributed by atoms with E-state index < -0.39 is 0 Å². The Morgan fingerprint density at radius 1 is 1.08 bits per heavy atom. The van der Waals surface area contributed by atoms with E-state index in [1.54, 1.807) is 7.11 Å². The van der Waals surface area contributed by atoms with Crippen molar-refractivity contribution >= 4 is 23.0 Å². The van der Waals surface area contributed by atoms with E-state index in [4.69, 9.17) is 4.74 Å². The molecular weight excluding hydrogens is 314 g/mol. The second-order valence-electron chi connectivity index (χ2n) is 6.30. The number of nitrogens with one attached hydrogen (secondary N) is 2. The van der Waals surface area contributed by atoms with Gasteiger partial charge in [-0.05, 0) is 56.2 Å². The molecule has 132 valence electrons. The maximum Gasteiger partial charge on any atom is 0.246 e. The van der Waals surface area contributed by atoms with Gasteiger partial charge in [0.25, 0.3) is 0 Å². The van der Waals surface area contributed by atoms with Gasteiger partial charge in [-0.1, -0.05) is 12.1 Å². The Kier molecular flexibility index (Phi) is 5.43. The summed E-state index contributed by atoms with van der Waals surface area (Å²) in [6, 6.07) is 15.3. The van der Waals surface area contributed by atoms with Crippen molar-refractivity contribution in [2.45, 2.75) is 25.8 Å². The van der Waals surface area contributed by atoms with Gasteiger partial charge in [0.15, 0.2) is 0 Å². The summed E-state index contributed by atoms with van der Waals surface area (Å²) in [6.45, 7) is 4.11. The van der Waals surface area contributed by atoms with Gasteiger partial charge in [0.05, 0.1) is 12.8 Å². The molecule has 0 unspecified atom stereocenters. The van der Waals surface area contributed by atoms with Gasteiger partial charge in [0.1, 0.15) is 11.8 Å². The SMILES string of the molecule is COc1ccccc1NC(=O)[C@@H](C)Nc1ccc(N2CCCC2)cc1. The summed E-state index contributed by atoms with van der Waals surface area (Å²) in [5.41, 5.74) is 2.85. The molecule has 2 aromatic rings. The van der Waals surface area contributed by atoms with E-state index in [2.05, 4.69) is 27.7 Å². The fourth-order valence-corrected chi connectivity index (χ4v) is 3.05. The number of rotatable bonds is 6. The highest BCUT2D eigenvalue weighted by atomic mass is 16.5. The average Bonchev–Trinajstić information content (AvgIpc) is 3.17. The molecule has 5 heteroatoms. The first-order valence-electron chi connectivity index (χ1n) is 8.73. The molecule has 25 heavy (non-hydrogen) atoms. The van der Waals surface area contributed by atoms with Gasteiger partial charge in [-0.15, -0.1) is 0 Å². The molecular formula is C20H25N3O2. The molecule has 1 aliphatic heterocycles. The number of methoxy groups -OCH3 is 1. The van der Waals surface area contributed by atoms with E-state index in [9.17, 15) is 4.79 Å². The minimum atomic E-state index is -0.359. The van der Waals surface area contributed by atoms with Gasteiger partial charge in [-0.3, -0.25) is 4.79 Å². The summed E-state index contributed by atoms with van der Waals surface area (Å²) >= 11 is 0. The molecule has 0 bridgehead atoms. The van der Waals surface area contributed by atoms with Crippen LogP contribution in [0, 0.1) is 0 Å². The molecule has 1 aliphatic rings. The van der Waals surface area contributed by atoms with Crippen LogP contribution in [0.3, 0.4) is 0 Å². The molecule has 3 rings (SSSR count). The Hall–Kier alpha value is -2.69. The van der Waals surface area contributed by atoms with Gasteiger partial charge >= 0.3 is 0 Å².